The van der Waals surface area contributed by atoms with Crippen LogP contribution >= 0.6 is 15.9 Å². The van der Waals surface area contributed by atoms with Gasteiger partial charge >= 0.3 is 0 Å². The summed E-state index contributed by atoms with van der Waals surface area (Å²) in [6.45, 7) is 3.74. The summed E-state index contributed by atoms with van der Waals surface area (Å²) in [5.41, 5.74) is 3.09. The monoisotopic (exact) mass is 661 g/mol. The van der Waals surface area contributed by atoms with E-state index >= 15 is 0 Å². The molecule has 2 amide bonds. The number of nitrogens with zero attached hydrogens (tertiary/aromatic N) is 2. The quantitative estimate of drug-likeness (QED) is 0.197. The van der Waals surface area contributed by atoms with Crippen molar-refractivity contribution in [3.05, 3.63) is 130 Å². The van der Waals surface area contributed by atoms with Crippen LogP contribution in [-0.4, -0.2) is 44.8 Å². The van der Waals surface area contributed by atoms with E-state index in [1.165, 1.54) is 24.1 Å². The first-order chi connectivity index (χ1) is 20.6. The number of nitrogens with one attached hydrogen (secondary N) is 1. The summed E-state index contributed by atoms with van der Waals surface area (Å²) < 4.78 is 30.1. The van der Waals surface area contributed by atoms with Crippen LogP contribution < -0.4 is 9.62 Å². The fraction of sp³-hybridized carbons (Fsp3) is 0.235. The first kappa shape index (κ1) is 32.0. The molecule has 0 spiro atoms. The number of likely N-dealkylation sites (N-methyl/N-ethyl adjacent to an activating group) is 1. The lowest BCUT2D eigenvalue weighted by Crippen LogP contribution is -2.53. The molecule has 0 aliphatic carbocycles. The Kier molecular flexibility index (Phi) is 10.8. The number of halogens is 1. The molecule has 0 aliphatic heterocycles. The van der Waals surface area contributed by atoms with Crippen molar-refractivity contribution in [2.45, 2.75) is 43.7 Å². The van der Waals surface area contributed by atoms with Crippen LogP contribution in [0.5, 0.6) is 0 Å². The van der Waals surface area contributed by atoms with E-state index in [9.17, 15) is 18.0 Å². The molecular weight excluding hydrogens is 626 g/mol. The van der Waals surface area contributed by atoms with E-state index in [0.717, 1.165) is 25.5 Å². The van der Waals surface area contributed by atoms with Crippen molar-refractivity contribution in [1.82, 2.24) is 10.2 Å². The molecule has 4 aromatic rings. The lowest BCUT2D eigenvalue weighted by Gasteiger charge is -2.33. The number of carbonyl (C=O) groups excluding carboxylic acids is 2. The fourth-order valence-corrected chi connectivity index (χ4v) is 6.48. The molecule has 43 heavy (non-hydrogen) atoms. The summed E-state index contributed by atoms with van der Waals surface area (Å²) in [7, 11) is -2.59. The zero-order valence-electron chi connectivity index (χ0n) is 24.5. The van der Waals surface area contributed by atoms with Gasteiger partial charge in [0.15, 0.2) is 0 Å². The molecule has 0 bridgehead atoms. The van der Waals surface area contributed by atoms with Gasteiger partial charge in [0.1, 0.15) is 12.6 Å². The van der Waals surface area contributed by atoms with Crippen LogP contribution in [0.25, 0.3) is 0 Å². The predicted octanol–water partition coefficient (Wildman–Crippen LogP) is 6.15. The minimum Gasteiger partial charge on any atom is -0.357 e. The SMILES string of the molecule is CNC(=O)C(Cc1ccccc1)N(Cc1ccc(Br)cc1)C(=O)CN(c1ccc(C(C)C)cc1)S(=O)(=O)c1ccccc1. The predicted molar refractivity (Wildman–Crippen MR) is 174 cm³/mol. The summed E-state index contributed by atoms with van der Waals surface area (Å²) >= 11 is 3.45. The molecule has 0 saturated carbocycles. The molecular formula is C34H36BrN3O4S. The van der Waals surface area contributed by atoms with Gasteiger partial charge in [-0.2, -0.15) is 0 Å². The summed E-state index contributed by atoms with van der Waals surface area (Å²) in [4.78, 5) is 29.2. The lowest BCUT2D eigenvalue weighted by atomic mass is 10.0. The second-order valence-electron chi connectivity index (χ2n) is 10.5. The highest BCUT2D eigenvalue weighted by Gasteiger charge is 2.34. The van der Waals surface area contributed by atoms with E-state index in [1.54, 1.807) is 30.3 Å². The van der Waals surface area contributed by atoms with E-state index in [1.807, 2.05) is 66.7 Å². The van der Waals surface area contributed by atoms with Crippen LogP contribution in [0.1, 0.15) is 36.5 Å². The van der Waals surface area contributed by atoms with E-state index in [0.29, 0.717) is 5.69 Å². The van der Waals surface area contributed by atoms with Gasteiger partial charge in [-0.1, -0.05) is 103 Å². The van der Waals surface area contributed by atoms with Gasteiger partial charge in [0.25, 0.3) is 10.0 Å². The molecule has 1 N–H and O–H groups in total. The highest BCUT2D eigenvalue weighted by atomic mass is 79.9. The van der Waals surface area contributed by atoms with Crippen molar-refractivity contribution >= 4 is 43.5 Å². The van der Waals surface area contributed by atoms with Crippen LogP contribution in [0.3, 0.4) is 0 Å². The van der Waals surface area contributed by atoms with Crippen LogP contribution in [0.4, 0.5) is 5.69 Å². The largest absolute Gasteiger partial charge is 0.357 e. The van der Waals surface area contributed by atoms with Gasteiger partial charge < -0.3 is 10.2 Å². The molecule has 0 radical (unpaired) electrons. The molecule has 0 fully saturated rings. The minimum absolute atomic E-state index is 0.0716. The molecule has 0 saturated heterocycles. The third-order valence-electron chi connectivity index (χ3n) is 7.24. The Bertz CT molecular complexity index is 1610. The molecule has 9 heteroatoms. The number of benzene rings is 4. The molecule has 0 aromatic heterocycles. The topological polar surface area (TPSA) is 86.8 Å². The van der Waals surface area contributed by atoms with Gasteiger partial charge in [-0.3, -0.25) is 13.9 Å². The van der Waals surface area contributed by atoms with E-state index in [-0.39, 0.29) is 29.7 Å². The van der Waals surface area contributed by atoms with Crippen LogP contribution in [0, 0.1) is 0 Å². The molecule has 0 aliphatic rings. The fourth-order valence-electron chi connectivity index (χ4n) is 4.78. The van der Waals surface area contributed by atoms with Gasteiger partial charge in [-0.05, 0) is 59.0 Å². The maximum absolute atomic E-state index is 14.3. The first-order valence-corrected chi connectivity index (χ1v) is 16.3. The molecule has 224 valence electrons. The molecule has 4 aromatic carbocycles. The van der Waals surface area contributed by atoms with Crippen molar-refractivity contribution < 1.29 is 18.0 Å². The normalized spacial score (nSPS) is 12.0. The molecule has 7 nitrogen and oxygen atoms in total. The summed E-state index contributed by atoms with van der Waals surface area (Å²) in [5.74, 6) is -0.587. The Morgan fingerprint density at radius 3 is 1.93 bits per heavy atom. The number of sulfonamides is 1. The van der Waals surface area contributed by atoms with Gasteiger partial charge in [-0.15, -0.1) is 0 Å². The Balaban J connectivity index is 1.78. The number of hydrogen-bond donors (Lipinski definition) is 1. The Morgan fingerprint density at radius 1 is 0.791 bits per heavy atom. The number of carbonyl (C=O) groups is 2. The second-order valence-corrected chi connectivity index (χ2v) is 13.3. The maximum Gasteiger partial charge on any atom is 0.264 e. The summed E-state index contributed by atoms with van der Waals surface area (Å²) in [5, 5.41) is 2.70. The molecule has 1 unspecified atom stereocenters. The van der Waals surface area contributed by atoms with Crippen LogP contribution in [0.2, 0.25) is 0 Å². The summed E-state index contributed by atoms with van der Waals surface area (Å²) in [6, 6.07) is 31.3. The smallest absolute Gasteiger partial charge is 0.264 e. The third kappa shape index (κ3) is 8.12. The second kappa shape index (κ2) is 14.5. The number of hydrogen-bond acceptors (Lipinski definition) is 4. The van der Waals surface area contributed by atoms with Gasteiger partial charge in [0.05, 0.1) is 10.6 Å². The Labute approximate surface area is 262 Å². The first-order valence-electron chi connectivity index (χ1n) is 14.1. The Hall–Kier alpha value is -3.95. The van der Waals surface area contributed by atoms with Gasteiger partial charge in [0, 0.05) is 24.5 Å². The van der Waals surface area contributed by atoms with E-state index in [4.69, 9.17) is 0 Å². The molecule has 0 heterocycles. The van der Waals surface area contributed by atoms with Crippen LogP contribution in [0.15, 0.2) is 119 Å². The highest BCUT2D eigenvalue weighted by Crippen LogP contribution is 2.27. The van der Waals surface area contributed by atoms with Crippen molar-refractivity contribution in [2.75, 3.05) is 17.9 Å². The van der Waals surface area contributed by atoms with E-state index in [2.05, 4.69) is 35.1 Å². The Morgan fingerprint density at radius 2 is 1.37 bits per heavy atom. The van der Waals surface area contributed by atoms with Crippen molar-refractivity contribution in [3.63, 3.8) is 0 Å². The van der Waals surface area contributed by atoms with Crippen LogP contribution in [-0.2, 0) is 32.6 Å². The van der Waals surface area contributed by atoms with E-state index < -0.39 is 28.5 Å². The average molecular weight is 663 g/mol. The zero-order valence-corrected chi connectivity index (χ0v) is 26.9. The molecule has 4 rings (SSSR count). The van der Waals surface area contributed by atoms with Gasteiger partial charge in [-0.25, -0.2) is 8.42 Å². The zero-order chi connectivity index (χ0) is 31.0. The molecule has 1 atom stereocenters. The summed E-state index contributed by atoms with van der Waals surface area (Å²) in [6.07, 6.45) is 0.261. The number of anilines is 1. The van der Waals surface area contributed by atoms with Crippen molar-refractivity contribution in [1.29, 1.82) is 0 Å². The standard InChI is InChI=1S/C34H36BrN3O4S/c1-25(2)28-16-20-30(21-17-28)38(43(41,42)31-12-8-5-9-13-31)24-33(39)37(23-27-14-18-29(35)19-15-27)32(34(40)36-3)22-26-10-6-4-7-11-26/h4-21,25,32H,22-24H2,1-3H3,(H,36,40). The lowest BCUT2D eigenvalue weighted by molar-refractivity contribution is -0.139. The maximum atomic E-state index is 14.3. The van der Waals surface area contributed by atoms with Crippen molar-refractivity contribution in [2.24, 2.45) is 0 Å². The number of rotatable bonds is 12. The minimum atomic E-state index is -4.13. The van der Waals surface area contributed by atoms with Crippen molar-refractivity contribution in [3.8, 4) is 0 Å². The van der Waals surface area contributed by atoms with Gasteiger partial charge in [0.2, 0.25) is 11.8 Å². The average Bonchev–Trinajstić information content (AvgIpc) is 3.02. The highest BCUT2D eigenvalue weighted by molar-refractivity contribution is 9.10. The number of amides is 2. The third-order valence-corrected chi connectivity index (χ3v) is 9.56.